The van der Waals surface area contributed by atoms with Gasteiger partial charge in [0.15, 0.2) is 0 Å². The first kappa shape index (κ1) is 23.6. The van der Waals surface area contributed by atoms with E-state index in [-0.39, 0.29) is 26.7 Å². The van der Waals surface area contributed by atoms with Gasteiger partial charge < -0.3 is 5.32 Å². The number of carbonyl (C=O) groups excluding carboxylic acids is 1. The van der Waals surface area contributed by atoms with Crippen molar-refractivity contribution in [1.29, 1.82) is 0 Å². The molecule has 0 heterocycles. The van der Waals surface area contributed by atoms with Crippen LogP contribution in [0.4, 0.5) is 5.69 Å². The number of fused-ring (bicyclic) bond motifs is 1. The zero-order chi connectivity index (χ0) is 23.6. The minimum atomic E-state index is -4.04. The Morgan fingerprint density at radius 2 is 1.64 bits per heavy atom. The van der Waals surface area contributed by atoms with Gasteiger partial charge in [-0.25, -0.2) is 8.42 Å². The van der Waals surface area contributed by atoms with Crippen molar-refractivity contribution >= 4 is 44.8 Å². The summed E-state index contributed by atoms with van der Waals surface area (Å²) < 4.78 is 27.9. The highest BCUT2D eigenvalue weighted by Crippen LogP contribution is 2.30. The summed E-state index contributed by atoms with van der Waals surface area (Å²) in [7, 11) is -4.04. The molecule has 1 aliphatic carbocycles. The molecule has 0 bridgehead atoms. The molecule has 172 valence electrons. The Labute approximate surface area is 204 Å². The molecule has 0 aliphatic heterocycles. The molecule has 3 aromatic rings. The van der Waals surface area contributed by atoms with Crippen molar-refractivity contribution in [3.63, 3.8) is 0 Å². The smallest absolute Gasteiger partial charge is 0.264 e. The number of hydrogen-bond donors (Lipinski definition) is 1. The monoisotopic (exact) mass is 502 g/mol. The predicted octanol–water partition coefficient (Wildman–Crippen LogP) is 5.55. The van der Waals surface area contributed by atoms with E-state index in [2.05, 4.69) is 17.4 Å². The van der Waals surface area contributed by atoms with Crippen LogP contribution in [0, 0.1) is 0 Å². The van der Waals surface area contributed by atoms with E-state index in [4.69, 9.17) is 23.2 Å². The van der Waals surface area contributed by atoms with Gasteiger partial charge in [-0.3, -0.25) is 9.10 Å². The average molecular weight is 503 g/mol. The van der Waals surface area contributed by atoms with Gasteiger partial charge in [-0.1, -0.05) is 59.6 Å². The number of anilines is 1. The zero-order valence-electron chi connectivity index (χ0n) is 18.1. The van der Waals surface area contributed by atoms with Crippen LogP contribution in [-0.4, -0.2) is 20.9 Å². The Hall–Kier alpha value is -2.54. The number of carbonyl (C=O) groups is 1. The highest BCUT2D eigenvalue weighted by atomic mass is 35.5. The maximum Gasteiger partial charge on any atom is 0.264 e. The minimum absolute atomic E-state index is 0.0700. The maximum absolute atomic E-state index is 13.4. The minimum Gasteiger partial charge on any atom is -0.348 e. The molecule has 1 amide bonds. The Balaban J connectivity index is 1.60. The Bertz CT molecular complexity index is 1260. The predicted molar refractivity (Wildman–Crippen MR) is 132 cm³/mol. The highest BCUT2D eigenvalue weighted by molar-refractivity contribution is 7.92. The number of benzene rings is 3. The standard InChI is InChI=1S/C25H24Cl2N2O3S/c1-17(19-11-10-18-6-5-7-20(18)12-19)28-25(30)16-29(23-14-21(26)13-22(27)15-23)33(31,32)24-8-3-2-4-9-24/h2-4,8-15,17H,5-7,16H2,1H3,(H,28,30)/t17-/m1/s1. The Morgan fingerprint density at radius 1 is 0.970 bits per heavy atom. The van der Waals surface area contributed by atoms with E-state index in [1.807, 2.05) is 13.0 Å². The lowest BCUT2D eigenvalue weighted by Crippen LogP contribution is -2.41. The summed E-state index contributed by atoms with van der Waals surface area (Å²) >= 11 is 12.3. The normalized spacial score (nSPS) is 13.9. The van der Waals surface area contributed by atoms with Gasteiger partial charge in [0.05, 0.1) is 16.6 Å². The van der Waals surface area contributed by atoms with E-state index in [0.717, 1.165) is 29.1 Å². The van der Waals surface area contributed by atoms with Crippen molar-refractivity contribution in [2.24, 2.45) is 0 Å². The van der Waals surface area contributed by atoms with Crippen LogP contribution in [-0.2, 0) is 27.7 Å². The first-order valence-electron chi connectivity index (χ1n) is 10.7. The lowest BCUT2D eigenvalue weighted by atomic mass is 10.0. The van der Waals surface area contributed by atoms with Crippen LogP contribution in [0.25, 0.3) is 0 Å². The first-order valence-corrected chi connectivity index (χ1v) is 12.9. The van der Waals surface area contributed by atoms with Gasteiger partial charge >= 0.3 is 0 Å². The van der Waals surface area contributed by atoms with Crippen LogP contribution in [0.5, 0.6) is 0 Å². The molecule has 33 heavy (non-hydrogen) atoms. The zero-order valence-corrected chi connectivity index (χ0v) is 20.4. The molecule has 1 aliphatic rings. The molecule has 0 spiro atoms. The van der Waals surface area contributed by atoms with Gasteiger partial charge in [-0.05, 0) is 73.2 Å². The summed E-state index contributed by atoms with van der Waals surface area (Å²) in [5, 5.41) is 3.48. The lowest BCUT2D eigenvalue weighted by Gasteiger charge is -2.25. The van der Waals surface area contributed by atoms with Crippen molar-refractivity contribution in [2.75, 3.05) is 10.8 Å². The van der Waals surface area contributed by atoms with E-state index >= 15 is 0 Å². The third kappa shape index (κ3) is 5.35. The second kappa shape index (κ2) is 9.75. The molecule has 1 atom stereocenters. The summed E-state index contributed by atoms with van der Waals surface area (Å²) in [6.07, 6.45) is 3.28. The van der Waals surface area contributed by atoms with Crippen LogP contribution in [0.1, 0.15) is 36.1 Å². The highest BCUT2D eigenvalue weighted by Gasteiger charge is 2.28. The number of nitrogens with zero attached hydrogens (tertiary/aromatic N) is 1. The second-order valence-corrected chi connectivity index (χ2v) is 10.9. The largest absolute Gasteiger partial charge is 0.348 e. The van der Waals surface area contributed by atoms with Crippen molar-refractivity contribution in [2.45, 2.75) is 37.1 Å². The quantitative estimate of drug-likeness (QED) is 0.460. The third-order valence-corrected chi connectivity index (χ3v) is 7.98. The summed E-state index contributed by atoms with van der Waals surface area (Å²) in [6.45, 7) is 1.48. The third-order valence-electron chi connectivity index (χ3n) is 5.75. The molecule has 0 aromatic heterocycles. The number of sulfonamides is 1. The molecular formula is C25H24Cl2N2O3S. The van der Waals surface area contributed by atoms with Crippen molar-refractivity contribution in [3.05, 3.63) is 93.5 Å². The van der Waals surface area contributed by atoms with E-state index in [1.54, 1.807) is 18.2 Å². The summed E-state index contributed by atoms with van der Waals surface area (Å²) in [5.41, 5.74) is 3.88. The van der Waals surface area contributed by atoms with Gasteiger partial charge in [0.25, 0.3) is 10.0 Å². The molecule has 5 nitrogen and oxygen atoms in total. The molecular weight excluding hydrogens is 479 g/mol. The topological polar surface area (TPSA) is 66.5 Å². The molecule has 3 aromatic carbocycles. The summed E-state index contributed by atoms with van der Waals surface area (Å²) in [4.78, 5) is 13.1. The molecule has 0 fully saturated rings. The van der Waals surface area contributed by atoms with E-state index < -0.39 is 22.5 Å². The average Bonchev–Trinajstić information content (AvgIpc) is 3.25. The van der Waals surface area contributed by atoms with Crippen LogP contribution in [0.3, 0.4) is 0 Å². The summed E-state index contributed by atoms with van der Waals surface area (Å²) in [6, 6.07) is 18.4. The van der Waals surface area contributed by atoms with Crippen LogP contribution >= 0.6 is 23.2 Å². The van der Waals surface area contributed by atoms with Crippen LogP contribution in [0.15, 0.2) is 71.6 Å². The maximum atomic E-state index is 13.4. The molecule has 0 unspecified atom stereocenters. The molecule has 0 saturated carbocycles. The SMILES string of the molecule is C[C@@H](NC(=O)CN(c1cc(Cl)cc(Cl)c1)S(=O)(=O)c1ccccc1)c1ccc2c(c1)CCC2. The Kier molecular flexibility index (Phi) is 6.98. The fourth-order valence-corrected chi connectivity index (χ4v) is 6.02. The van der Waals surface area contributed by atoms with E-state index in [1.165, 1.54) is 41.5 Å². The van der Waals surface area contributed by atoms with Gasteiger partial charge in [-0.2, -0.15) is 0 Å². The molecule has 4 rings (SSSR count). The van der Waals surface area contributed by atoms with Crippen molar-refractivity contribution < 1.29 is 13.2 Å². The summed E-state index contributed by atoms with van der Waals surface area (Å²) in [5.74, 6) is -0.432. The second-order valence-electron chi connectivity index (χ2n) is 8.12. The van der Waals surface area contributed by atoms with E-state index in [9.17, 15) is 13.2 Å². The van der Waals surface area contributed by atoms with Crippen LogP contribution in [0.2, 0.25) is 10.0 Å². The van der Waals surface area contributed by atoms with Crippen molar-refractivity contribution in [3.8, 4) is 0 Å². The Morgan fingerprint density at radius 3 is 2.33 bits per heavy atom. The molecule has 1 N–H and O–H groups in total. The molecule has 8 heteroatoms. The number of hydrogen-bond acceptors (Lipinski definition) is 3. The number of aryl methyl sites for hydroxylation is 2. The van der Waals surface area contributed by atoms with Gasteiger partial charge in [0, 0.05) is 10.0 Å². The fourth-order valence-electron chi connectivity index (χ4n) is 4.08. The van der Waals surface area contributed by atoms with Crippen LogP contribution < -0.4 is 9.62 Å². The van der Waals surface area contributed by atoms with Crippen molar-refractivity contribution in [1.82, 2.24) is 5.32 Å². The molecule has 0 saturated heterocycles. The fraction of sp³-hybridized carbons (Fsp3) is 0.240. The number of halogens is 2. The van der Waals surface area contributed by atoms with Gasteiger partial charge in [0.2, 0.25) is 5.91 Å². The van der Waals surface area contributed by atoms with Gasteiger partial charge in [-0.15, -0.1) is 0 Å². The first-order chi connectivity index (χ1) is 15.7. The number of rotatable bonds is 7. The molecule has 0 radical (unpaired) electrons. The van der Waals surface area contributed by atoms with E-state index in [0.29, 0.717) is 0 Å². The van der Waals surface area contributed by atoms with Gasteiger partial charge in [0.1, 0.15) is 6.54 Å². The number of nitrogens with one attached hydrogen (secondary N) is 1. The number of amides is 1. The lowest BCUT2D eigenvalue weighted by molar-refractivity contribution is -0.120.